The molecule has 0 bridgehead atoms. The molecule has 0 N–H and O–H groups in total. The number of thiazole rings is 1. The van der Waals surface area contributed by atoms with E-state index in [1.807, 2.05) is 30.3 Å². The number of rotatable bonds is 5. The molecule has 0 aliphatic heterocycles. The number of carbonyl (C=O) groups excluding carboxylic acids is 2. The van der Waals surface area contributed by atoms with Gasteiger partial charge < -0.3 is 0 Å². The van der Waals surface area contributed by atoms with Crippen molar-refractivity contribution >= 4 is 29.3 Å². The predicted octanol–water partition coefficient (Wildman–Crippen LogP) is 6.21. The highest BCUT2D eigenvalue weighted by molar-refractivity contribution is 8.01. The van der Waals surface area contributed by atoms with Crippen LogP contribution in [-0.4, -0.2) is 31.1 Å². The highest BCUT2D eigenvalue weighted by Crippen LogP contribution is 2.40. The standard InChI is InChI=1S/C24H26N4S2.CO2/c1-14(2)29-23-22(19-9-7-15(3)8-10-19)26-24(30-23)28-13-21(18(6)27-28)20-11-16(4)25-17(5)12-20;2-1-3/h7-14H,1-6H3;. The van der Waals surface area contributed by atoms with E-state index >= 15 is 0 Å². The van der Waals surface area contributed by atoms with Crippen LogP contribution in [0.5, 0.6) is 0 Å². The van der Waals surface area contributed by atoms with Gasteiger partial charge in [-0.25, -0.2) is 9.67 Å². The molecule has 0 atom stereocenters. The Hall–Kier alpha value is -3.06. The van der Waals surface area contributed by atoms with E-state index in [0.717, 1.165) is 44.6 Å². The van der Waals surface area contributed by atoms with Crippen LogP contribution in [0, 0.1) is 27.7 Å². The highest BCUT2D eigenvalue weighted by Gasteiger charge is 2.18. The van der Waals surface area contributed by atoms with Gasteiger partial charge in [-0.15, -0.1) is 11.8 Å². The Labute approximate surface area is 202 Å². The summed E-state index contributed by atoms with van der Waals surface area (Å²) in [7, 11) is 0. The first kappa shape index (κ1) is 24.6. The van der Waals surface area contributed by atoms with Gasteiger partial charge in [-0.05, 0) is 45.4 Å². The summed E-state index contributed by atoms with van der Waals surface area (Å²) < 4.78 is 3.15. The normalized spacial score (nSPS) is 10.6. The quantitative estimate of drug-likeness (QED) is 0.317. The number of hydrogen-bond acceptors (Lipinski definition) is 7. The van der Waals surface area contributed by atoms with Crippen LogP contribution in [0.15, 0.2) is 46.8 Å². The van der Waals surface area contributed by atoms with Crippen molar-refractivity contribution in [3.05, 3.63) is 65.2 Å². The smallest absolute Gasteiger partial charge is 0.258 e. The minimum absolute atomic E-state index is 0.250. The molecule has 0 aliphatic carbocycles. The van der Waals surface area contributed by atoms with Gasteiger partial charge in [-0.2, -0.15) is 14.7 Å². The molecule has 4 aromatic rings. The molecule has 0 unspecified atom stereocenters. The van der Waals surface area contributed by atoms with Crippen LogP contribution >= 0.6 is 23.1 Å². The fraction of sp³-hybridized carbons (Fsp3) is 0.280. The summed E-state index contributed by atoms with van der Waals surface area (Å²) in [6.45, 7) is 12.6. The number of aryl methyl sites for hydroxylation is 4. The van der Waals surface area contributed by atoms with Gasteiger partial charge in [-0.1, -0.05) is 55.0 Å². The average molecular weight is 479 g/mol. The summed E-state index contributed by atoms with van der Waals surface area (Å²) in [6, 6.07) is 12.8. The number of benzene rings is 1. The molecule has 0 spiro atoms. The summed E-state index contributed by atoms with van der Waals surface area (Å²) in [4.78, 5) is 25.7. The second-order valence-electron chi connectivity index (χ2n) is 7.96. The molecule has 33 heavy (non-hydrogen) atoms. The molecule has 170 valence electrons. The maximum atomic E-state index is 8.12. The predicted molar refractivity (Wildman–Crippen MR) is 133 cm³/mol. The van der Waals surface area contributed by atoms with Gasteiger partial charge >= 0.3 is 6.15 Å². The van der Waals surface area contributed by atoms with Gasteiger partial charge in [0.25, 0.3) is 0 Å². The number of hydrogen-bond donors (Lipinski definition) is 0. The van der Waals surface area contributed by atoms with Crippen molar-refractivity contribution in [2.75, 3.05) is 0 Å². The molecular formula is C25H26N4O2S2. The molecule has 0 amide bonds. The van der Waals surface area contributed by atoms with E-state index in [1.54, 1.807) is 11.3 Å². The Balaban J connectivity index is 0.000000968. The van der Waals surface area contributed by atoms with Crippen LogP contribution in [-0.2, 0) is 9.59 Å². The van der Waals surface area contributed by atoms with Crippen molar-refractivity contribution in [3.63, 3.8) is 0 Å². The maximum Gasteiger partial charge on any atom is 0.373 e. The minimum Gasteiger partial charge on any atom is -0.258 e. The summed E-state index contributed by atoms with van der Waals surface area (Å²) >= 11 is 3.56. The first-order chi connectivity index (χ1) is 15.7. The van der Waals surface area contributed by atoms with E-state index in [4.69, 9.17) is 19.7 Å². The van der Waals surface area contributed by atoms with E-state index in [-0.39, 0.29) is 6.15 Å². The van der Waals surface area contributed by atoms with Gasteiger partial charge in [0.05, 0.1) is 15.6 Å². The Morgan fingerprint density at radius 1 is 0.939 bits per heavy atom. The van der Waals surface area contributed by atoms with Gasteiger partial charge in [0, 0.05) is 34.0 Å². The summed E-state index contributed by atoms with van der Waals surface area (Å²) in [6.07, 6.45) is 2.34. The first-order valence-corrected chi connectivity index (χ1v) is 12.2. The molecule has 0 saturated carbocycles. The summed E-state index contributed by atoms with van der Waals surface area (Å²) in [5.41, 5.74) is 8.74. The van der Waals surface area contributed by atoms with Crippen molar-refractivity contribution in [1.29, 1.82) is 0 Å². The van der Waals surface area contributed by atoms with E-state index in [1.165, 1.54) is 9.77 Å². The highest BCUT2D eigenvalue weighted by atomic mass is 32.2. The zero-order chi connectivity index (χ0) is 24.1. The van der Waals surface area contributed by atoms with Crippen molar-refractivity contribution in [1.82, 2.24) is 19.7 Å². The molecule has 0 fully saturated rings. The van der Waals surface area contributed by atoms with Crippen LogP contribution in [0.2, 0.25) is 0 Å². The van der Waals surface area contributed by atoms with Crippen molar-refractivity contribution < 1.29 is 9.59 Å². The van der Waals surface area contributed by atoms with Crippen LogP contribution in [0.1, 0.15) is 36.5 Å². The monoisotopic (exact) mass is 478 g/mol. The summed E-state index contributed by atoms with van der Waals surface area (Å²) in [5, 5.41) is 6.17. The number of pyridine rings is 1. The van der Waals surface area contributed by atoms with Gasteiger partial charge in [-0.3, -0.25) is 4.98 Å². The van der Waals surface area contributed by atoms with Crippen LogP contribution in [0.4, 0.5) is 0 Å². The Kier molecular flexibility index (Phi) is 7.97. The average Bonchev–Trinajstić information content (AvgIpc) is 3.32. The zero-order valence-corrected chi connectivity index (χ0v) is 21.2. The fourth-order valence-electron chi connectivity index (χ4n) is 3.41. The number of nitrogens with zero attached hydrogens (tertiary/aromatic N) is 4. The fourth-order valence-corrected chi connectivity index (χ4v) is 5.86. The third-order valence-electron chi connectivity index (χ3n) is 4.74. The lowest BCUT2D eigenvalue weighted by Gasteiger charge is -2.04. The SMILES string of the molecule is Cc1ccc(-c2nc(-n3cc(-c4cc(C)nc(C)c4)c(C)n3)sc2SC(C)C)cc1.O=C=O. The van der Waals surface area contributed by atoms with E-state index in [2.05, 4.69) is 75.3 Å². The Morgan fingerprint density at radius 3 is 2.12 bits per heavy atom. The molecule has 1 aromatic carbocycles. The Morgan fingerprint density at radius 2 is 1.55 bits per heavy atom. The zero-order valence-electron chi connectivity index (χ0n) is 19.5. The van der Waals surface area contributed by atoms with Gasteiger partial charge in [0.2, 0.25) is 5.13 Å². The largest absolute Gasteiger partial charge is 0.373 e. The van der Waals surface area contributed by atoms with Gasteiger partial charge in [0.1, 0.15) is 0 Å². The first-order valence-electron chi connectivity index (χ1n) is 10.5. The van der Waals surface area contributed by atoms with E-state index < -0.39 is 0 Å². The third kappa shape index (κ3) is 6.05. The number of aromatic nitrogens is 4. The summed E-state index contributed by atoms with van der Waals surface area (Å²) in [5.74, 6) is 0. The lowest BCUT2D eigenvalue weighted by molar-refractivity contribution is -0.191. The molecule has 6 nitrogen and oxygen atoms in total. The molecule has 3 heterocycles. The second kappa shape index (κ2) is 10.7. The third-order valence-corrected chi connectivity index (χ3v) is 7.00. The van der Waals surface area contributed by atoms with E-state index in [0.29, 0.717) is 5.25 Å². The molecular weight excluding hydrogens is 452 g/mol. The van der Waals surface area contributed by atoms with Crippen molar-refractivity contribution in [2.45, 2.75) is 51.0 Å². The lowest BCUT2D eigenvalue weighted by Crippen LogP contribution is -1.94. The topological polar surface area (TPSA) is 77.7 Å². The van der Waals surface area contributed by atoms with Crippen molar-refractivity contribution in [2.24, 2.45) is 0 Å². The lowest BCUT2D eigenvalue weighted by atomic mass is 10.1. The molecule has 8 heteroatoms. The maximum absolute atomic E-state index is 8.12. The van der Waals surface area contributed by atoms with Crippen LogP contribution in [0.25, 0.3) is 27.5 Å². The van der Waals surface area contributed by atoms with Crippen LogP contribution < -0.4 is 0 Å². The molecule has 3 aromatic heterocycles. The Bertz CT molecular complexity index is 1260. The molecule has 0 aliphatic rings. The van der Waals surface area contributed by atoms with E-state index in [9.17, 15) is 0 Å². The van der Waals surface area contributed by atoms with Crippen LogP contribution in [0.3, 0.4) is 0 Å². The molecule has 4 rings (SSSR count). The molecule has 0 radical (unpaired) electrons. The number of thioether (sulfide) groups is 1. The minimum atomic E-state index is 0.250. The second-order valence-corrected chi connectivity index (χ2v) is 10.8. The molecule has 0 saturated heterocycles. The van der Waals surface area contributed by atoms with Crippen molar-refractivity contribution in [3.8, 4) is 27.5 Å². The van der Waals surface area contributed by atoms with Gasteiger partial charge in [0.15, 0.2) is 0 Å².